The molecule has 2 aliphatic heterocycles. The van der Waals surface area contributed by atoms with Gasteiger partial charge in [-0.3, -0.25) is 4.90 Å². The van der Waals surface area contributed by atoms with Crippen LogP contribution in [0.25, 0.3) is 0 Å². The SMILES string of the molecule is COCCN1CC[C@H]2CN(c3ncccn3)CC[C@H]21.O=C(O)C(F)(F)F.O=C(O)C(F)(F)F. The number of alkyl halides is 6. The van der Waals surface area contributed by atoms with Crippen LogP contribution in [0.4, 0.5) is 32.3 Å². The van der Waals surface area contributed by atoms with E-state index in [0.29, 0.717) is 0 Å². The highest BCUT2D eigenvalue weighted by Gasteiger charge is 2.39. The summed E-state index contributed by atoms with van der Waals surface area (Å²) in [5.41, 5.74) is 0. The largest absolute Gasteiger partial charge is 0.490 e. The lowest BCUT2D eigenvalue weighted by molar-refractivity contribution is -0.193. The molecule has 9 nitrogen and oxygen atoms in total. The molecule has 3 heterocycles. The Morgan fingerprint density at radius 3 is 2.00 bits per heavy atom. The Morgan fingerprint density at radius 1 is 1.03 bits per heavy atom. The Morgan fingerprint density at radius 2 is 1.55 bits per heavy atom. The summed E-state index contributed by atoms with van der Waals surface area (Å²) < 4.78 is 68.7. The van der Waals surface area contributed by atoms with Gasteiger partial charge in [0.25, 0.3) is 0 Å². The highest BCUT2D eigenvalue weighted by molar-refractivity contribution is 5.73. The van der Waals surface area contributed by atoms with Crippen LogP contribution >= 0.6 is 0 Å². The first-order valence-corrected chi connectivity index (χ1v) is 9.62. The Kier molecular flexibility index (Phi) is 10.8. The summed E-state index contributed by atoms with van der Waals surface area (Å²) in [4.78, 5) is 31.5. The van der Waals surface area contributed by atoms with E-state index in [1.807, 2.05) is 18.5 Å². The van der Waals surface area contributed by atoms with Gasteiger partial charge in [0.15, 0.2) is 0 Å². The number of fused-ring (bicyclic) bond motifs is 1. The first-order valence-electron chi connectivity index (χ1n) is 9.62. The molecule has 188 valence electrons. The predicted octanol–water partition coefficient (Wildman–Crippen LogP) is 2.29. The monoisotopic (exact) mass is 490 g/mol. The van der Waals surface area contributed by atoms with E-state index < -0.39 is 24.3 Å². The van der Waals surface area contributed by atoms with Crippen LogP contribution in [-0.2, 0) is 14.3 Å². The number of carboxylic acid groups (broad SMARTS) is 2. The van der Waals surface area contributed by atoms with Crippen LogP contribution in [0.5, 0.6) is 0 Å². The zero-order valence-corrected chi connectivity index (χ0v) is 17.5. The number of carbonyl (C=O) groups is 2. The lowest BCUT2D eigenvalue weighted by Gasteiger charge is -2.37. The quantitative estimate of drug-likeness (QED) is 0.614. The summed E-state index contributed by atoms with van der Waals surface area (Å²) in [6, 6.07) is 2.60. The van der Waals surface area contributed by atoms with Crippen molar-refractivity contribution in [1.82, 2.24) is 14.9 Å². The Balaban J connectivity index is 0.000000324. The van der Waals surface area contributed by atoms with Crippen molar-refractivity contribution in [3.05, 3.63) is 18.5 Å². The molecule has 0 radical (unpaired) electrons. The summed E-state index contributed by atoms with van der Waals surface area (Å²) in [7, 11) is 1.78. The molecule has 3 rings (SSSR count). The molecule has 0 aromatic carbocycles. The number of aliphatic carboxylic acids is 2. The standard InChI is InChI=1S/C14H22N4O.2C2HF3O2/c1-19-10-9-17-7-3-12-11-18(8-4-13(12)17)14-15-5-2-6-16-14;2*3-2(4,5)1(6)7/h2,5-6,12-13H,3-4,7-11H2,1H3;2*(H,6,7)/t12-,13+;;/m0../s1. The first kappa shape index (κ1) is 28.4. The van der Waals surface area contributed by atoms with Gasteiger partial charge >= 0.3 is 24.3 Å². The van der Waals surface area contributed by atoms with Gasteiger partial charge in [-0.2, -0.15) is 26.3 Å². The van der Waals surface area contributed by atoms with Crippen LogP contribution in [0, 0.1) is 5.92 Å². The number of likely N-dealkylation sites (tertiary alicyclic amines) is 1. The number of hydrogen-bond donors (Lipinski definition) is 2. The van der Waals surface area contributed by atoms with Crippen LogP contribution in [-0.4, -0.2) is 95.3 Å². The van der Waals surface area contributed by atoms with Gasteiger partial charge in [0, 0.05) is 45.2 Å². The maximum Gasteiger partial charge on any atom is 0.490 e. The number of hydrogen-bond acceptors (Lipinski definition) is 7. The smallest absolute Gasteiger partial charge is 0.475 e. The van der Waals surface area contributed by atoms with E-state index in [0.717, 1.165) is 44.1 Å². The van der Waals surface area contributed by atoms with Gasteiger partial charge in [-0.25, -0.2) is 19.6 Å². The lowest BCUT2D eigenvalue weighted by atomic mass is 9.93. The average molecular weight is 490 g/mol. The Hall–Kier alpha value is -2.68. The van der Waals surface area contributed by atoms with E-state index in [-0.39, 0.29) is 0 Å². The van der Waals surface area contributed by atoms with E-state index in [1.165, 1.54) is 19.4 Å². The number of aromatic nitrogens is 2. The molecule has 2 fully saturated rings. The molecule has 0 spiro atoms. The topological polar surface area (TPSA) is 116 Å². The van der Waals surface area contributed by atoms with Gasteiger partial charge in [-0.1, -0.05) is 0 Å². The van der Waals surface area contributed by atoms with Gasteiger partial charge in [0.05, 0.1) is 6.61 Å². The molecular formula is C18H24F6N4O5. The number of carboxylic acids is 2. The predicted molar refractivity (Wildman–Crippen MR) is 102 cm³/mol. The zero-order chi connectivity index (χ0) is 25.2. The highest BCUT2D eigenvalue weighted by atomic mass is 19.4. The average Bonchev–Trinajstić information content (AvgIpc) is 3.14. The molecular weight excluding hydrogens is 466 g/mol. The zero-order valence-electron chi connectivity index (χ0n) is 17.5. The Labute approximate surface area is 185 Å². The molecule has 2 saturated heterocycles. The minimum Gasteiger partial charge on any atom is -0.475 e. The van der Waals surface area contributed by atoms with E-state index in [9.17, 15) is 26.3 Å². The summed E-state index contributed by atoms with van der Waals surface area (Å²) in [5, 5.41) is 14.2. The summed E-state index contributed by atoms with van der Waals surface area (Å²) >= 11 is 0. The number of piperidine rings is 1. The maximum absolute atomic E-state index is 10.6. The summed E-state index contributed by atoms with van der Waals surface area (Å²) in [6.07, 6.45) is -4.01. The van der Waals surface area contributed by atoms with Gasteiger partial charge in [-0.15, -0.1) is 0 Å². The van der Waals surface area contributed by atoms with Gasteiger partial charge < -0.3 is 19.8 Å². The van der Waals surface area contributed by atoms with Crippen molar-refractivity contribution in [2.75, 3.05) is 44.8 Å². The van der Waals surface area contributed by atoms with Crippen molar-refractivity contribution in [1.29, 1.82) is 0 Å². The second kappa shape index (κ2) is 12.5. The molecule has 0 unspecified atom stereocenters. The van der Waals surface area contributed by atoms with E-state index >= 15 is 0 Å². The Bertz CT molecular complexity index is 726. The summed E-state index contributed by atoms with van der Waals surface area (Å²) in [6.45, 7) is 5.28. The molecule has 2 atom stereocenters. The van der Waals surface area contributed by atoms with Crippen molar-refractivity contribution in [3.8, 4) is 0 Å². The third kappa shape index (κ3) is 9.77. The molecule has 33 heavy (non-hydrogen) atoms. The van der Waals surface area contributed by atoms with Crippen LogP contribution in [0.3, 0.4) is 0 Å². The third-order valence-electron chi connectivity index (χ3n) is 4.85. The number of ether oxygens (including phenoxy) is 1. The minimum atomic E-state index is -5.08. The van der Waals surface area contributed by atoms with Crippen molar-refractivity contribution in [2.45, 2.75) is 31.2 Å². The maximum atomic E-state index is 10.6. The number of nitrogens with zero attached hydrogens (tertiary/aromatic N) is 4. The van der Waals surface area contributed by atoms with Crippen molar-refractivity contribution < 1.29 is 50.9 Å². The van der Waals surface area contributed by atoms with Crippen LogP contribution < -0.4 is 4.90 Å². The number of anilines is 1. The molecule has 1 aromatic heterocycles. The van der Waals surface area contributed by atoms with Gasteiger partial charge in [0.2, 0.25) is 5.95 Å². The molecule has 0 bridgehead atoms. The van der Waals surface area contributed by atoms with Crippen molar-refractivity contribution >= 4 is 17.9 Å². The van der Waals surface area contributed by atoms with Gasteiger partial charge in [-0.05, 0) is 31.4 Å². The number of halogens is 6. The molecule has 15 heteroatoms. The molecule has 0 aliphatic carbocycles. The minimum absolute atomic E-state index is 0.732. The molecule has 1 aromatic rings. The summed E-state index contributed by atoms with van der Waals surface area (Å²) in [5.74, 6) is -3.87. The fourth-order valence-electron chi connectivity index (χ4n) is 3.40. The van der Waals surface area contributed by atoms with Crippen LogP contribution in [0.2, 0.25) is 0 Å². The molecule has 0 amide bonds. The van der Waals surface area contributed by atoms with Crippen molar-refractivity contribution in [3.63, 3.8) is 0 Å². The first-order chi connectivity index (χ1) is 15.3. The highest BCUT2D eigenvalue weighted by Crippen LogP contribution is 2.32. The van der Waals surface area contributed by atoms with Gasteiger partial charge in [0.1, 0.15) is 0 Å². The molecule has 2 aliphatic rings. The number of methoxy groups -OCH3 is 1. The van der Waals surface area contributed by atoms with Crippen LogP contribution in [0.1, 0.15) is 12.8 Å². The fraction of sp³-hybridized carbons (Fsp3) is 0.667. The van der Waals surface area contributed by atoms with E-state index in [4.69, 9.17) is 24.5 Å². The normalized spacial score (nSPS) is 20.6. The third-order valence-corrected chi connectivity index (χ3v) is 4.85. The van der Waals surface area contributed by atoms with Crippen LogP contribution in [0.15, 0.2) is 18.5 Å². The number of rotatable bonds is 4. The molecule has 2 N–H and O–H groups in total. The van der Waals surface area contributed by atoms with E-state index in [1.54, 1.807) is 7.11 Å². The lowest BCUT2D eigenvalue weighted by Crippen LogP contribution is -2.47. The van der Waals surface area contributed by atoms with E-state index in [2.05, 4.69) is 19.8 Å². The van der Waals surface area contributed by atoms with Crippen molar-refractivity contribution in [2.24, 2.45) is 5.92 Å². The fourth-order valence-corrected chi connectivity index (χ4v) is 3.40. The second-order valence-electron chi connectivity index (χ2n) is 7.03. The molecule has 0 saturated carbocycles. The second-order valence-corrected chi connectivity index (χ2v) is 7.03.